The molecule has 0 aliphatic carbocycles. The molecule has 0 heterocycles. The molecular formula is C8H4B2O4. The maximum absolute atomic E-state index is 10.6. The van der Waals surface area contributed by atoms with E-state index in [0.29, 0.717) is 0 Å². The molecule has 66 valence electrons. The summed E-state index contributed by atoms with van der Waals surface area (Å²) in [4.78, 5) is 21.1. The van der Waals surface area contributed by atoms with E-state index >= 15 is 0 Å². The summed E-state index contributed by atoms with van der Waals surface area (Å²) in [6.07, 6.45) is 0. The number of hydrogen-bond donors (Lipinski definition) is 2. The fraction of sp³-hybridized carbons (Fsp3) is 0. The van der Waals surface area contributed by atoms with Crippen molar-refractivity contribution in [3.63, 3.8) is 0 Å². The van der Waals surface area contributed by atoms with Crippen molar-refractivity contribution in [1.82, 2.24) is 0 Å². The summed E-state index contributed by atoms with van der Waals surface area (Å²) in [6.45, 7) is 0. The van der Waals surface area contributed by atoms with Crippen molar-refractivity contribution in [2.45, 2.75) is 0 Å². The maximum Gasteiger partial charge on any atom is 0.335 e. The molecule has 4 radical (unpaired) electrons. The van der Waals surface area contributed by atoms with Crippen molar-refractivity contribution in [2.24, 2.45) is 0 Å². The van der Waals surface area contributed by atoms with Crippen LogP contribution in [0, 0.1) is 0 Å². The molecule has 6 heteroatoms. The molecule has 0 saturated carbocycles. The third kappa shape index (κ3) is 1.79. The molecule has 0 fully saturated rings. The van der Waals surface area contributed by atoms with Gasteiger partial charge in [-0.3, -0.25) is 0 Å². The number of carboxylic acid groups (broad SMARTS) is 2. The summed E-state index contributed by atoms with van der Waals surface area (Å²) in [5, 5.41) is 17.3. The van der Waals surface area contributed by atoms with Gasteiger partial charge in [-0.2, -0.15) is 0 Å². The predicted octanol–water partition coefficient (Wildman–Crippen LogP) is -1.33. The zero-order valence-corrected chi connectivity index (χ0v) is 7.02. The molecule has 0 atom stereocenters. The van der Waals surface area contributed by atoms with Crippen LogP contribution < -0.4 is 10.9 Å². The first-order chi connectivity index (χ1) is 6.43. The third-order valence-corrected chi connectivity index (χ3v) is 1.68. The minimum absolute atomic E-state index is 0.121. The Labute approximate surface area is 82.4 Å². The lowest BCUT2D eigenvalue weighted by molar-refractivity contribution is 0.0683. The summed E-state index contributed by atoms with van der Waals surface area (Å²) in [6, 6.07) is 2.06. The number of aromatic carboxylic acids is 2. The zero-order valence-electron chi connectivity index (χ0n) is 7.02. The van der Waals surface area contributed by atoms with Gasteiger partial charge in [-0.25, -0.2) is 9.59 Å². The second kappa shape index (κ2) is 3.57. The highest BCUT2D eigenvalue weighted by molar-refractivity contribution is 6.41. The second-order valence-electron chi connectivity index (χ2n) is 2.64. The van der Waals surface area contributed by atoms with Crippen molar-refractivity contribution in [3.8, 4) is 0 Å². The Balaban J connectivity index is 3.38. The molecule has 1 rings (SSSR count). The first-order valence-electron chi connectivity index (χ1n) is 3.59. The fourth-order valence-electron chi connectivity index (χ4n) is 1.00. The predicted molar refractivity (Wildman–Crippen MR) is 51.1 cm³/mol. The quantitative estimate of drug-likeness (QED) is 0.561. The van der Waals surface area contributed by atoms with Crippen molar-refractivity contribution < 1.29 is 19.8 Å². The average molecular weight is 186 g/mol. The van der Waals surface area contributed by atoms with Crippen LogP contribution in [0.2, 0.25) is 0 Å². The van der Waals surface area contributed by atoms with E-state index in [0.717, 1.165) is 12.1 Å². The van der Waals surface area contributed by atoms with E-state index in [4.69, 9.17) is 25.9 Å². The standard InChI is InChI=1S/C8H4B2O4/c9-5-1-3(7(11)12)6(10)2-4(5)8(13)14/h1-2H,(H,11,12)(H,13,14). The van der Waals surface area contributed by atoms with Gasteiger partial charge in [0.15, 0.2) is 0 Å². The molecular weight excluding hydrogens is 182 g/mol. The Kier molecular flexibility index (Phi) is 2.65. The monoisotopic (exact) mass is 186 g/mol. The molecule has 14 heavy (non-hydrogen) atoms. The molecule has 1 aromatic rings. The molecule has 0 aliphatic rings. The maximum atomic E-state index is 10.6. The Morgan fingerprint density at radius 1 is 0.929 bits per heavy atom. The van der Waals surface area contributed by atoms with Crippen molar-refractivity contribution in [3.05, 3.63) is 23.3 Å². The van der Waals surface area contributed by atoms with E-state index in [1.165, 1.54) is 0 Å². The lowest BCUT2D eigenvalue weighted by Gasteiger charge is -2.06. The number of hydrogen-bond acceptors (Lipinski definition) is 2. The van der Waals surface area contributed by atoms with Crippen LogP contribution in [-0.2, 0) is 0 Å². The van der Waals surface area contributed by atoms with Gasteiger partial charge in [0.05, 0.1) is 11.1 Å². The fourth-order valence-corrected chi connectivity index (χ4v) is 1.00. The van der Waals surface area contributed by atoms with E-state index < -0.39 is 11.9 Å². The molecule has 0 aliphatic heterocycles. The van der Waals surface area contributed by atoms with Gasteiger partial charge in [-0.15, -0.1) is 0 Å². The highest BCUT2D eigenvalue weighted by atomic mass is 16.4. The molecule has 0 saturated heterocycles. The lowest BCUT2D eigenvalue weighted by atomic mass is 9.81. The van der Waals surface area contributed by atoms with Crippen LogP contribution in [0.3, 0.4) is 0 Å². The van der Waals surface area contributed by atoms with E-state index in [1.54, 1.807) is 0 Å². The van der Waals surface area contributed by atoms with Gasteiger partial charge in [-0.1, -0.05) is 23.1 Å². The van der Waals surface area contributed by atoms with E-state index in [9.17, 15) is 9.59 Å². The summed E-state index contributed by atoms with van der Waals surface area (Å²) in [5.41, 5.74) is -0.645. The molecule has 0 aromatic heterocycles. The van der Waals surface area contributed by atoms with Crippen LogP contribution in [0.5, 0.6) is 0 Å². The number of carboxylic acids is 2. The second-order valence-corrected chi connectivity index (χ2v) is 2.64. The van der Waals surface area contributed by atoms with Gasteiger partial charge >= 0.3 is 11.9 Å². The van der Waals surface area contributed by atoms with Gasteiger partial charge in [-0.05, 0) is 0 Å². The molecule has 0 spiro atoms. The van der Waals surface area contributed by atoms with E-state index in [1.807, 2.05) is 0 Å². The van der Waals surface area contributed by atoms with Crippen molar-refractivity contribution >= 4 is 38.6 Å². The first-order valence-corrected chi connectivity index (χ1v) is 3.59. The molecule has 2 N–H and O–H groups in total. The van der Waals surface area contributed by atoms with E-state index in [2.05, 4.69) is 0 Å². The highest BCUT2D eigenvalue weighted by Gasteiger charge is 2.12. The smallest absolute Gasteiger partial charge is 0.335 e. The van der Waals surface area contributed by atoms with Crippen LogP contribution in [0.15, 0.2) is 12.1 Å². The molecule has 0 unspecified atom stereocenters. The summed E-state index contributed by atoms with van der Waals surface area (Å²) >= 11 is 0. The average Bonchev–Trinajstić information content (AvgIpc) is 2.07. The van der Waals surface area contributed by atoms with Crippen molar-refractivity contribution in [1.29, 1.82) is 0 Å². The van der Waals surface area contributed by atoms with Crippen LogP contribution in [-0.4, -0.2) is 37.8 Å². The van der Waals surface area contributed by atoms with Gasteiger partial charge in [0.1, 0.15) is 15.7 Å². The minimum atomic E-state index is -1.24. The van der Waals surface area contributed by atoms with Crippen LogP contribution in [0.4, 0.5) is 0 Å². The van der Waals surface area contributed by atoms with Crippen LogP contribution in [0.1, 0.15) is 20.7 Å². The Bertz CT molecular complexity index is 374. The topological polar surface area (TPSA) is 74.6 Å². The van der Waals surface area contributed by atoms with Gasteiger partial charge < -0.3 is 10.2 Å². The molecule has 0 amide bonds. The molecule has 4 nitrogen and oxygen atoms in total. The summed E-state index contributed by atoms with van der Waals surface area (Å²) in [5.74, 6) is -2.49. The third-order valence-electron chi connectivity index (χ3n) is 1.68. The highest BCUT2D eigenvalue weighted by Crippen LogP contribution is 1.98. The largest absolute Gasteiger partial charge is 0.478 e. The summed E-state index contributed by atoms with van der Waals surface area (Å²) in [7, 11) is 10.7. The normalized spacial score (nSPS) is 9.71. The van der Waals surface area contributed by atoms with Crippen LogP contribution in [0.25, 0.3) is 0 Å². The van der Waals surface area contributed by atoms with E-state index in [-0.39, 0.29) is 22.1 Å². The Morgan fingerprint density at radius 2 is 1.21 bits per heavy atom. The van der Waals surface area contributed by atoms with Gasteiger partial charge in [0, 0.05) is 0 Å². The summed E-state index contributed by atoms with van der Waals surface area (Å²) < 4.78 is 0. The zero-order chi connectivity index (χ0) is 10.9. The van der Waals surface area contributed by atoms with Crippen LogP contribution >= 0.6 is 0 Å². The SMILES string of the molecule is [B]c1cc(C(=O)O)c([B])cc1C(=O)O. The first kappa shape index (κ1) is 10.4. The minimum Gasteiger partial charge on any atom is -0.478 e. The number of benzene rings is 1. The lowest BCUT2D eigenvalue weighted by Crippen LogP contribution is -2.26. The number of carbonyl (C=O) groups is 2. The van der Waals surface area contributed by atoms with Gasteiger partial charge in [0.2, 0.25) is 0 Å². The molecule has 1 aromatic carbocycles. The molecule has 0 bridgehead atoms. The number of rotatable bonds is 2. The Hall–Kier alpha value is -1.71. The van der Waals surface area contributed by atoms with Gasteiger partial charge in [0.25, 0.3) is 0 Å². The van der Waals surface area contributed by atoms with Crippen molar-refractivity contribution in [2.75, 3.05) is 0 Å². The Morgan fingerprint density at radius 3 is 1.43 bits per heavy atom.